The van der Waals surface area contributed by atoms with Crippen LogP contribution in [0.4, 0.5) is 5.82 Å². The number of aromatic nitrogens is 2. The maximum atomic E-state index is 5.67. The van der Waals surface area contributed by atoms with Gasteiger partial charge in [0.2, 0.25) is 5.88 Å². The molecule has 0 amide bonds. The normalized spacial score (nSPS) is 10.3. The molecule has 0 aliphatic rings. The molecule has 0 fully saturated rings. The van der Waals surface area contributed by atoms with Crippen molar-refractivity contribution in [3.05, 3.63) is 11.9 Å². The van der Waals surface area contributed by atoms with E-state index in [1.165, 1.54) is 32.0 Å². The van der Waals surface area contributed by atoms with E-state index in [0.717, 1.165) is 24.4 Å². The second kappa shape index (κ2) is 7.87. The summed E-state index contributed by atoms with van der Waals surface area (Å²) < 4.78 is 5.67. The van der Waals surface area contributed by atoms with Gasteiger partial charge in [-0.25, -0.2) is 9.97 Å². The molecular weight excluding hydrogens is 214 g/mol. The number of hydrogen-bond donors (Lipinski definition) is 1. The number of hydrogen-bond acceptors (Lipinski definition) is 4. The minimum atomic E-state index is 0.694. The molecule has 17 heavy (non-hydrogen) atoms. The molecule has 1 heterocycles. The Morgan fingerprint density at radius 1 is 1.18 bits per heavy atom. The third-order valence-electron chi connectivity index (χ3n) is 2.76. The highest BCUT2D eigenvalue weighted by Gasteiger charge is 2.06. The predicted molar refractivity (Wildman–Crippen MR) is 70.6 cm³/mol. The Balaban J connectivity index is 2.31. The van der Waals surface area contributed by atoms with E-state index in [4.69, 9.17) is 4.74 Å². The van der Waals surface area contributed by atoms with Crippen molar-refractivity contribution < 1.29 is 4.74 Å². The zero-order chi connectivity index (χ0) is 12.5. The minimum absolute atomic E-state index is 0.694. The fourth-order valence-corrected chi connectivity index (χ4v) is 1.71. The van der Waals surface area contributed by atoms with Gasteiger partial charge in [0.1, 0.15) is 12.1 Å². The van der Waals surface area contributed by atoms with Crippen LogP contribution in [0.1, 0.15) is 44.6 Å². The monoisotopic (exact) mass is 237 g/mol. The Kier molecular flexibility index (Phi) is 6.37. The number of ether oxygens (including phenoxy) is 1. The summed E-state index contributed by atoms with van der Waals surface area (Å²) in [4.78, 5) is 8.27. The lowest BCUT2D eigenvalue weighted by atomic mass is 10.2. The third-order valence-corrected chi connectivity index (χ3v) is 2.76. The van der Waals surface area contributed by atoms with Gasteiger partial charge in [0, 0.05) is 7.05 Å². The Hall–Kier alpha value is -1.32. The maximum absolute atomic E-state index is 5.67. The van der Waals surface area contributed by atoms with Gasteiger partial charge in [-0.1, -0.05) is 32.6 Å². The molecule has 0 unspecified atom stereocenters. The molecule has 0 aliphatic carbocycles. The van der Waals surface area contributed by atoms with Gasteiger partial charge in [-0.15, -0.1) is 0 Å². The fourth-order valence-electron chi connectivity index (χ4n) is 1.71. The highest BCUT2D eigenvalue weighted by molar-refractivity contribution is 5.46. The van der Waals surface area contributed by atoms with Crippen molar-refractivity contribution in [3.63, 3.8) is 0 Å². The summed E-state index contributed by atoms with van der Waals surface area (Å²) in [7, 11) is 1.85. The van der Waals surface area contributed by atoms with Crippen LogP contribution in [0.15, 0.2) is 6.33 Å². The Morgan fingerprint density at radius 3 is 2.65 bits per heavy atom. The first-order valence-electron chi connectivity index (χ1n) is 6.41. The minimum Gasteiger partial charge on any atom is -0.477 e. The molecule has 0 atom stereocenters. The van der Waals surface area contributed by atoms with Crippen LogP contribution in [0.2, 0.25) is 0 Å². The number of unbranched alkanes of at least 4 members (excludes halogenated alkanes) is 4. The van der Waals surface area contributed by atoms with Gasteiger partial charge < -0.3 is 10.1 Å². The largest absolute Gasteiger partial charge is 0.477 e. The third kappa shape index (κ3) is 4.59. The molecule has 0 bridgehead atoms. The smallest absolute Gasteiger partial charge is 0.221 e. The standard InChI is InChI=1S/C13H23N3O/c1-4-5-6-7-8-9-17-13-11(2)12(14-3)15-10-16-13/h10H,4-9H2,1-3H3,(H,14,15,16). The number of anilines is 1. The number of rotatable bonds is 8. The highest BCUT2D eigenvalue weighted by atomic mass is 16.5. The van der Waals surface area contributed by atoms with Crippen molar-refractivity contribution >= 4 is 5.82 Å². The molecule has 0 saturated carbocycles. The van der Waals surface area contributed by atoms with E-state index in [2.05, 4.69) is 22.2 Å². The lowest BCUT2D eigenvalue weighted by molar-refractivity contribution is 0.291. The fraction of sp³-hybridized carbons (Fsp3) is 0.692. The number of nitrogens with one attached hydrogen (secondary N) is 1. The van der Waals surface area contributed by atoms with E-state index in [-0.39, 0.29) is 0 Å². The van der Waals surface area contributed by atoms with E-state index in [1.807, 2.05) is 14.0 Å². The summed E-state index contributed by atoms with van der Waals surface area (Å²) in [5.41, 5.74) is 0.976. The van der Waals surface area contributed by atoms with Gasteiger partial charge in [-0.2, -0.15) is 0 Å². The maximum Gasteiger partial charge on any atom is 0.221 e. The Morgan fingerprint density at radius 2 is 1.94 bits per heavy atom. The van der Waals surface area contributed by atoms with E-state index in [0.29, 0.717) is 5.88 Å². The van der Waals surface area contributed by atoms with Crippen LogP contribution in [0, 0.1) is 6.92 Å². The summed E-state index contributed by atoms with van der Waals surface area (Å²) in [5.74, 6) is 1.53. The first kappa shape index (κ1) is 13.7. The summed E-state index contributed by atoms with van der Waals surface area (Å²) in [6.07, 6.45) is 7.75. The molecule has 1 aromatic rings. The molecule has 0 aromatic carbocycles. The summed E-state index contributed by atoms with van der Waals surface area (Å²) in [5, 5.41) is 3.02. The van der Waals surface area contributed by atoms with Gasteiger partial charge >= 0.3 is 0 Å². The van der Waals surface area contributed by atoms with Crippen LogP contribution in [0.25, 0.3) is 0 Å². The molecule has 0 spiro atoms. The van der Waals surface area contributed by atoms with Crippen LogP contribution in [0.5, 0.6) is 5.88 Å². The highest BCUT2D eigenvalue weighted by Crippen LogP contribution is 2.19. The van der Waals surface area contributed by atoms with Gasteiger partial charge in [0.15, 0.2) is 0 Å². The summed E-state index contributed by atoms with van der Waals surface area (Å²) >= 11 is 0. The average molecular weight is 237 g/mol. The summed E-state index contributed by atoms with van der Waals surface area (Å²) in [6.45, 7) is 4.93. The van der Waals surface area contributed by atoms with Crippen LogP contribution < -0.4 is 10.1 Å². The zero-order valence-electron chi connectivity index (χ0n) is 11.1. The second-order valence-electron chi connectivity index (χ2n) is 4.17. The van der Waals surface area contributed by atoms with E-state index < -0.39 is 0 Å². The molecule has 96 valence electrons. The van der Waals surface area contributed by atoms with Crippen molar-refractivity contribution in [3.8, 4) is 5.88 Å². The topological polar surface area (TPSA) is 47.0 Å². The molecule has 0 aliphatic heterocycles. The Labute approximate surface area is 104 Å². The lowest BCUT2D eigenvalue weighted by Gasteiger charge is -2.10. The van der Waals surface area contributed by atoms with Crippen LogP contribution in [-0.2, 0) is 0 Å². The first-order chi connectivity index (χ1) is 8.29. The van der Waals surface area contributed by atoms with E-state index in [1.54, 1.807) is 0 Å². The molecule has 1 aromatic heterocycles. The van der Waals surface area contributed by atoms with Crippen molar-refractivity contribution in [1.29, 1.82) is 0 Å². The quantitative estimate of drug-likeness (QED) is 0.705. The molecule has 4 nitrogen and oxygen atoms in total. The lowest BCUT2D eigenvalue weighted by Crippen LogP contribution is -2.04. The van der Waals surface area contributed by atoms with Crippen molar-refractivity contribution in [1.82, 2.24) is 9.97 Å². The van der Waals surface area contributed by atoms with Crippen LogP contribution in [-0.4, -0.2) is 23.6 Å². The molecule has 1 N–H and O–H groups in total. The molecule has 0 radical (unpaired) electrons. The molecule has 0 saturated heterocycles. The van der Waals surface area contributed by atoms with Crippen molar-refractivity contribution in [2.45, 2.75) is 46.0 Å². The second-order valence-corrected chi connectivity index (χ2v) is 4.17. The van der Waals surface area contributed by atoms with Crippen LogP contribution >= 0.6 is 0 Å². The van der Waals surface area contributed by atoms with E-state index >= 15 is 0 Å². The predicted octanol–water partition coefficient (Wildman–Crippen LogP) is 3.18. The Bertz CT molecular complexity index is 328. The van der Waals surface area contributed by atoms with E-state index in [9.17, 15) is 0 Å². The molecule has 1 rings (SSSR count). The first-order valence-corrected chi connectivity index (χ1v) is 6.41. The number of nitrogens with zero attached hydrogens (tertiary/aromatic N) is 2. The molecular formula is C13H23N3O. The SMILES string of the molecule is CCCCCCCOc1ncnc(NC)c1C. The average Bonchev–Trinajstić information content (AvgIpc) is 2.35. The van der Waals surface area contributed by atoms with Gasteiger partial charge in [0.25, 0.3) is 0 Å². The van der Waals surface area contributed by atoms with Crippen molar-refractivity contribution in [2.75, 3.05) is 19.0 Å². The van der Waals surface area contributed by atoms with Crippen molar-refractivity contribution in [2.24, 2.45) is 0 Å². The van der Waals surface area contributed by atoms with Gasteiger partial charge in [-0.3, -0.25) is 0 Å². The summed E-state index contributed by atoms with van der Waals surface area (Å²) in [6, 6.07) is 0. The van der Waals surface area contributed by atoms with Gasteiger partial charge in [-0.05, 0) is 13.3 Å². The zero-order valence-corrected chi connectivity index (χ0v) is 11.1. The van der Waals surface area contributed by atoms with Gasteiger partial charge in [0.05, 0.1) is 12.2 Å². The molecule has 4 heteroatoms. The van der Waals surface area contributed by atoms with Crippen LogP contribution in [0.3, 0.4) is 0 Å².